The number of fused-ring (bicyclic) bond motifs is 1. The zero-order chi connectivity index (χ0) is 15.9. The van der Waals surface area contributed by atoms with E-state index in [1.54, 1.807) is 19.1 Å². The summed E-state index contributed by atoms with van der Waals surface area (Å²) >= 11 is 4.71. The van der Waals surface area contributed by atoms with Gasteiger partial charge < -0.3 is 0 Å². The number of nitrogens with one attached hydrogen (secondary N) is 1. The van der Waals surface area contributed by atoms with Crippen LogP contribution in [0.4, 0.5) is 5.13 Å². The van der Waals surface area contributed by atoms with E-state index >= 15 is 0 Å². The molecule has 0 saturated carbocycles. The summed E-state index contributed by atoms with van der Waals surface area (Å²) < 4.78 is 29.6. The number of hydrogen-bond donors (Lipinski definition) is 1. The lowest BCUT2D eigenvalue weighted by molar-refractivity contribution is 0.600. The third-order valence-electron chi connectivity index (χ3n) is 3.21. The van der Waals surface area contributed by atoms with Crippen molar-refractivity contribution in [3.05, 3.63) is 52.0 Å². The van der Waals surface area contributed by atoms with Crippen LogP contribution in [0.5, 0.6) is 0 Å². The van der Waals surface area contributed by atoms with Crippen LogP contribution in [-0.4, -0.2) is 13.4 Å². The first-order valence-corrected chi connectivity index (χ1v) is 9.60. The monoisotopic (exact) mass is 396 g/mol. The second-order valence-corrected chi connectivity index (χ2v) is 8.60. The van der Waals surface area contributed by atoms with Gasteiger partial charge in [0.25, 0.3) is 10.0 Å². The van der Waals surface area contributed by atoms with Crippen molar-refractivity contribution < 1.29 is 8.42 Å². The molecule has 0 unspecified atom stereocenters. The van der Waals surface area contributed by atoms with Crippen molar-refractivity contribution in [2.75, 3.05) is 4.72 Å². The van der Waals surface area contributed by atoms with E-state index in [1.807, 2.05) is 31.2 Å². The fourth-order valence-corrected chi connectivity index (χ4v) is 5.09. The van der Waals surface area contributed by atoms with Gasteiger partial charge in [-0.25, -0.2) is 13.4 Å². The molecule has 0 saturated heterocycles. The number of nitrogens with zero attached hydrogens (tertiary/aromatic N) is 1. The maximum Gasteiger partial charge on any atom is 0.263 e. The van der Waals surface area contributed by atoms with Gasteiger partial charge in [0, 0.05) is 4.47 Å². The van der Waals surface area contributed by atoms with Crippen LogP contribution in [0.15, 0.2) is 45.8 Å². The Bertz CT molecular complexity index is 965. The maximum absolute atomic E-state index is 12.6. The van der Waals surface area contributed by atoms with E-state index in [-0.39, 0.29) is 4.90 Å². The van der Waals surface area contributed by atoms with Gasteiger partial charge in [-0.3, -0.25) is 4.72 Å². The number of benzene rings is 2. The van der Waals surface area contributed by atoms with Crippen LogP contribution < -0.4 is 4.72 Å². The summed E-state index contributed by atoms with van der Waals surface area (Å²) in [5.74, 6) is 0. The van der Waals surface area contributed by atoms with Gasteiger partial charge in [0.1, 0.15) is 0 Å². The van der Waals surface area contributed by atoms with E-state index in [0.717, 1.165) is 20.3 Å². The number of sulfonamides is 1. The van der Waals surface area contributed by atoms with Crippen LogP contribution in [0.1, 0.15) is 11.1 Å². The molecule has 7 heteroatoms. The van der Waals surface area contributed by atoms with Crippen LogP contribution in [0, 0.1) is 13.8 Å². The zero-order valence-corrected chi connectivity index (χ0v) is 15.1. The maximum atomic E-state index is 12.6. The predicted octanol–water partition coefficient (Wildman–Crippen LogP) is 4.48. The third-order valence-corrected chi connectivity index (χ3v) is 6.24. The number of thiazole rings is 1. The molecule has 114 valence electrons. The van der Waals surface area contributed by atoms with Crippen LogP contribution in [0.2, 0.25) is 0 Å². The molecule has 1 N–H and O–H groups in total. The van der Waals surface area contributed by atoms with E-state index in [2.05, 4.69) is 25.6 Å². The first-order valence-electron chi connectivity index (χ1n) is 6.51. The Morgan fingerprint density at radius 1 is 1.14 bits per heavy atom. The number of rotatable bonds is 3. The molecule has 22 heavy (non-hydrogen) atoms. The highest BCUT2D eigenvalue weighted by atomic mass is 79.9. The number of aryl methyl sites for hydroxylation is 2. The number of halogens is 1. The smallest absolute Gasteiger partial charge is 0.255 e. The summed E-state index contributed by atoms with van der Waals surface area (Å²) in [5.41, 5.74) is 2.38. The van der Waals surface area contributed by atoms with E-state index in [4.69, 9.17) is 0 Å². The van der Waals surface area contributed by atoms with Gasteiger partial charge in [-0.2, -0.15) is 0 Å². The van der Waals surface area contributed by atoms with E-state index in [0.29, 0.717) is 10.7 Å². The molecule has 0 bridgehead atoms. The highest BCUT2D eigenvalue weighted by Gasteiger charge is 2.19. The van der Waals surface area contributed by atoms with Gasteiger partial charge in [0.15, 0.2) is 5.13 Å². The van der Waals surface area contributed by atoms with Gasteiger partial charge in [-0.05, 0) is 49.2 Å². The summed E-state index contributed by atoms with van der Waals surface area (Å²) in [6.07, 6.45) is 0. The molecular weight excluding hydrogens is 384 g/mol. The summed E-state index contributed by atoms with van der Waals surface area (Å²) in [7, 11) is -3.64. The minimum Gasteiger partial charge on any atom is -0.255 e. The third kappa shape index (κ3) is 3.02. The zero-order valence-electron chi connectivity index (χ0n) is 11.9. The lowest BCUT2D eigenvalue weighted by Gasteiger charge is -2.08. The van der Waals surface area contributed by atoms with Crippen LogP contribution >= 0.6 is 27.3 Å². The number of anilines is 1. The van der Waals surface area contributed by atoms with Gasteiger partial charge in [-0.1, -0.05) is 39.4 Å². The molecule has 1 aromatic heterocycles. The van der Waals surface area contributed by atoms with Gasteiger partial charge in [0.2, 0.25) is 0 Å². The number of hydrogen-bond acceptors (Lipinski definition) is 4. The van der Waals surface area contributed by atoms with Crippen LogP contribution in [0.25, 0.3) is 10.2 Å². The average Bonchev–Trinajstić information content (AvgIpc) is 2.81. The molecule has 0 aliphatic carbocycles. The van der Waals surface area contributed by atoms with Gasteiger partial charge in [0.05, 0.1) is 15.1 Å². The molecule has 0 aliphatic heterocycles. The molecule has 3 aromatic rings. The molecule has 0 spiro atoms. The second-order valence-electron chi connectivity index (χ2n) is 5.01. The van der Waals surface area contributed by atoms with E-state index in [1.165, 1.54) is 11.3 Å². The molecule has 0 radical (unpaired) electrons. The highest BCUT2D eigenvalue weighted by Crippen LogP contribution is 2.30. The molecule has 3 rings (SSSR count). The van der Waals surface area contributed by atoms with Crippen molar-refractivity contribution in [3.63, 3.8) is 0 Å². The summed E-state index contributed by atoms with van der Waals surface area (Å²) in [6, 6.07) is 11.0. The largest absolute Gasteiger partial charge is 0.263 e. The second kappa shape index (κ2) is 5.64. The average molecular weight is 397 g/mol. The standard InChI is InChI=1S/C15H13BrN2O2S2/c1-9-3-4-10(2)14(7-9)22(19,20)18-15-17-12-6-5-11(16)8-13(12)21-15/h3-8H,1-2H3,(H,17,18). The molecule has 0 aliphatic rings. The fraction of sp³-hybridized carbons (Fsp3) is 0.133. The molecule has 1 heterocycles. The predicted molar refractivity (Wildman–Crippen MR) is 94.0 cm³/mol. The molecule has 4 nitrogen and oxygen atoms in total. The summed E-state index contributed by atoms with van der Waals surface area (Å²) in [6.45, 7) is 3.65. The van der Waals surface area contributed by atoms with Crippen molar-refractivity contribution in [1.29, 1.82) is 0 Å². The molecule has 2 aromatic carbocycles. The quantitative estimate of drug-likeness (QED) is 0.709. The van der Waals surface area contributed by atoms with Crippen molar-refractivity contribution in [2.24, 2.45) is 0 Å². The highest BCUT2D eigenvalue weighted by molar-refractivity contribution is 9.10. The first kappa shape index (κ1) is 15.5. The minimum atomic E-state index is -3.64. The van der Waals surface area contributed by atoms with Gasteiger partial charge >= 0.3 is 0 Å². The van der Waals surface area contributed by atoms with E-state index in [9.17, 15) is 8.42 Å². The van der Waals surface area contributed by atoms with Gasteiger partial charge in [-0.15, -0.1) is 0 Å². The fourth-order valence-electron chi connectivity index (χ4n) is 2.11. The molecule has 0 atom stereocenters. The Kier molecular flexibility index (Phi) is 3.96. The topological polar surface area (TPSA) is 59.1 Å². The summed E-state index contributed by atoms with van der Waals surface area (Å²) in [5, 5.41) is 0.369. The lowest BCUT2D eigenvalue weighted by Crippen LogP contribution is -2.14. The minimum absolute atomic E-state index is 0.285. The Morgan fingerprint density at radius 2 is 1.91 bits per heavy atom. The van der Waals surface area contributed by atoms with Crippen molar-refractivity contribution in [1.82, 2.24) is 4.98 Å². The van der Waals surface area contributed by atoms with Crippen molar-refractivity contribution in [2.45, 2.75) is 18.7 Å². The normalized spacial score (nSPS) is 11.8. The molecule has 0 amide bonds. The van der Waals surface area contributed by atoms with Crippen molar-refractivity contribution in [3.8, 4) is 0 Å². The number of aromatic nitrogens is 1. The Hall–Kier alpha value is -1.44. The van der Waals surface area contributed by atoms with Crippen LogP contribution in [-0.2, 0) is 10.0 Å². The van der Waals surface area contributed by atoms with E-state index < -0.39 is 10.0 Å². The van der Waals surface area contributed by atoms with Crippen LogP contribution in [0.3, 0.4) is 0 Å². The van der Waals surface area contributed by atoms with Crippen molar-refractivity contribution >= 4 is 52.6 Å². The first-order chi connectivity index (χ1) is 10.3. The Morgan fingerprint density at radius 3 is 2.68 bits per heavy atom. The lowest BCUT2D eigenvalue weighted by atomic mass is 10.2. The SMILES string of the molecule is Cc1ccc(C)c(S(=O)(=O)Nc2nc3ccc(Br)cc3s2)c1. The Labute approximate surface area is 141 Å². The molecular formula is C15H13BrN2O2S2. The Balaban J connectivity index is 2.00. The molecule has 0 fully saturated rings. The summed E-state index contributed by atoms with van der Waals surface area (Å²) in [4.78, 5) is 4.61.